The molecule has 0 saturated carbocycles. The zero-order valence-corrected chi connectivity index (χ0v) is 9.44. The summed E-state index contributed by atoms with van der Waals surface area (Å²) in [4.78, 5) is 0. The van der Waals surface area contributed by atoms with Gasteiger partial charge in [0.05, 0.1) is 12.2 Å². The SMILES string of the molecule is Fc1ccc(-c2cnn(C3CCNC3)c2)cc1. The highest BCUT2D eigenvalue weighted by atomic mass is 19.1. The van der Waals surface area contributed by atoms with Crippen molar-refractivity contribution in [3.63, 3.8) is 0 Å². The number of rotatable bonds is 2. The fraction of sp³-hybridized carbons (Fsp3) is 0.308. The van der Waals surface area contributed by atoms with Crippen LogP contribution in [0.1, 0.15) is 12.5 Å². The van der Waals surface area contributed by atoms with Gasteiger partial charge in [-0.1, -0.05) is 12.1 Å². The first-order valence-electron chi connectivity index (χ1n) is 5.84. The van der Waals surface area contributed by atoms with E-state index in [1.807, 2.05) is 17.1 Å². The van der Waals surface area contributed by atoms with Crippen molar-refractivity contribution in [3.05, 3.63) is 42.5 Å². The van der Waals surface area contributed by atoms with Crippen LogP contribution >= 0.6 is 0 Å². The molecule has 1 atom stereocenters. The quantitative estimate of drug-likeness (QED) is 0.859. The molecule has 0 bridgehead atoms. The second kappa shape index (κ2) is 4.30. The summed E-state index contributed by atoms with van der Waals surface area (Å²) in [7, 11) is 0. The summed E-state index contributed by atoms with van der Waals surface area (Å²) in [5, 5.41) is 7.70. The van der Waals surface area contributed by atoms with Gasteiger partial charge in [0.15, 0.2) is 0 Å². The highest BCUT2D eigenvalue weighted by Gasteiger charge is 2.17. The van der Waals surface area contributed by atoms with Crippen LogP contribution in [0.4, 0.5) is 4.39 Å². The second-order valence-electron chi connectivity index (χ2n) is 4.36. The lowest BCUT2D eigenvalue weighted by Crippen LogP contribution is -2.13. The molecule has 17 heavy (non-hydrogen) atoms. The predicted molar refractivity (Wildman–Crippen MR) is 64.1 cm³/mol. The summed E-state index contributed by atoms with van der Waals surface area (Å²) in [5.74, 6) is -0.207. The lowest BCUT2D eigenvalue weighted by atomic mass is 10.1. The van der Waals surface area contributed by atoms with E-state index >= 15 is 0 Å². The Balaban J connectivity index is 1.86. The standard InChI is InChI=1S/C13H14FN3/c14-12-3-1-10(2-4-12)11-7-16-17(9-11)13-5-6-15-8-13/h1-4,7,9,13,15H,5-6,8H2. The van der Waals surface area contributed by atoms with Crippen molar-refractivity contribution in [1.29, 1.82) is 0 Å². The third-order valence-corrected chi connectivity index (χ3v) is 3.19. The van der Waals surface area contributed by atoms with E-state index in [0.29, 0.717) is 6.04 Å². The number of nitrogens with one attached hydrogen (secondary N) is 1. The van der Waals surface area contributed by atoms with Gasteiger partial charge in [0.25, 0.3) is 0 Å². The van der Waals surface area contributed by atoms with Crippen LogP contribution in [0.2, 0.25) is 0 Å². The average Bonchev–Trinajstić information content (AvgIpc) is 3.00. The normalized spacial score (nSPS) is 19.7. The van der Waals surface area contributed by atoms with Crippen molar-refractivity contribution in [3.8, 4) is 11.1 Å². The first kappa shape index (κ1) is 10.5. The van der Waals surface area contributed by atoms with Gasteiger partial charge in [-0.15, -0.1) is 0 Å². The highest BCUT2D eigenvalue weighted by molar-refractivity contribution is 5.61. The van der Waals surface area contributed by atoms with E-state index in [1.165, 1.54) is 12.1 Å². The third-order valence-electron chi connectivity index (χ3n) is 3.19. The summed E-state index contributed by atoms with van der Waals surface area (Å²) >= 11 is 0. The molecule has 2 heterocycles. The maximum absolute atomic E-state index is 12.8. The minimum absolute atomic E-state index is 0.207. The number of halogens is 1. The van der Waals surface area contributed by atoms with E-state index in [4.69, 9.17) is 0 Å². The van der Waals surface area contributed by atoms with Gasteiger partial charge in [-0.2, -0.15) is 5.10 Å². The third kappa shape index (κ3) is 2.08. The van der Waals surface area contributed by atoms with Gasteiger partial charge < -0.3 is 5.32 Å². The summed E-state index contributed by atoms with van der Waals surface area (Å²) < 4.78 is 14.8. The largest absolute Gasteiger partial charge is 0.315 e. The summed E-state index contributed by atoms with van der Waals surface area (Å²) in [5.41, 5.74) is 2.04. The predicted octanol–water partition coefficient (Wildman–Crippen LogP) is 2.22. The van der Waals surface area contributed by atoms with E-state index in [2.05, 4.69) is 10.4 Å². The molecule has 88 valence electrons. The molecule has 0 spiro atoms. The molecular weight excluding hydrogens is 217 g/mol. The lowest BCUT2D eigenvalue weighted by Gasteiger charge is -2.07. The molecule has 2 aromatic rings. The minimum atomic E-state index is -0.207. The number of aromatic nitrogens is 2. The first-order valence-corrected chi connectivity index (χ1v) is 5.84. The van der Waals surface area contributed by atoms with Gasteiger partial charge in [-0.05, 0) is 30.7 Å². The molecule has 0 radical (unpaired) electrons. The van der Waals surface area contributed by atoms with Crippen LogP contribution in [0, 0.1) is 5.82 Å². The second-order valence-corrected chi connectivity index (χ2v) is 4.36. The maximum Gasteiger partial charge on any atom is 0.123 e. The first-order chi connectivity index (χ1) is 8.33. The Hall–Kier alpha value is -1.68. The number of hydrogen-bond acceptors (Lipinski definition) is 2. The smallest absolute Gasteiger partial charge is 0.123 e. The summed E-state index contributed by atoms with van der Waals surface area (Å²) in [6.07, 6.45) is 4.99. The molecule has 1 unspecified atom stereocenters. The number of benzene rings is 1. The molecule has 0 amide bonds. The van der Waals surface area contributed by atoms with Crippen molar-refractivity contribution in [1.82, 2.24) is 15.1 Å². The van der Waals surface area contributed by atoms with Crippen molar-refractivity contribution in [2.45, 2.75) is 12.5 Å². The Bertz CT molecular complexity index is 498. The highest BCUT2D eigenvalue weighted by Crippen LogP contribution is 2.22. The number of hydrogen-bond donors (Lipinski definition) is 1. The van der Waals surface area contributed by atoms with E-state index in [9.17, 15) is 4.39 Å². The fourth-order valence-corrected chi connectivity index (χ4v) is 2.19. The Morgan fingerprint density at radius 3 is 2.76 bits per heavy atom. The molecular formula is C13H14FN3. The molecule has 1 saturated heterocycles. The van der Waals surface area contributed by atoms with Crippen LogP contribution in [0.3, 0.4) is 0 Å². The molecule has 1 N–H and O–H groups in total. The van der Waals surface area contributed by atoms with Gasteiger partial charge >= 0.3 is 0 Å². The van der Waals surface area contributed by atoms with E-state index < -0.39 is 0 Å². The van der Waals surface area contributed by atoms with E-state index in [-0.39, 0.29) is 5.82 Å². The van der Waals surface area contributed by atoms with Crippen LogP contribution in [0.15, 0.2) is 36.7 Å². The van der Waals surface area contributed by atoms with Gasteiger partial charge in [0, 0.05) is 18.3 Å². The van der Waals surface area contributed by atoms with E-state index in [1.54, 1.807) is 12.1 Å². The van der Waals surface area contributed by atoms with E-state index in [0.717, 1.165) is 30.6 Å². The Morgan fingerprint density at radius 1 is 1.24 bits per heavy atom. The molecule has 0 aliphatic carbocycles. The fourth-order valence-electron chi connectivity index (χ4n) is 2.19. The van der Waals surface area contributed by atoms with Crippen molar-refractivity contribution < 1.29 is 4.39 Å². The zero-order chi connectivity index (χ0) is 11.7. The maximum atomic E-state index is 12.8. The molecule has 1 fully saturated rings. The van der Waals surface area contributed by atoms with Crippen molar-refractivity contribution in [2.75, 3.05) is 13.1 Å². The van der Waals surface area contributed by atoms with Crippen molar-refractivity contribution in [2.24, 2.45) is 0 Å². The van der Waals surface area contributed by atoms with Crippen LogP contribution < -0.4 is 5.32 Å². The molecule has 3 rings (SSSR count). The number of nitrogens with zero attached hydrogens (tertiary/aromatic N) is 2. The van der Waals surface area contributed by atoms with Gasteiger partial charge in [-0.3, -0.25) is 4.68 Å². The monoisotopic (exact) mass is 231 g/mol. The average molecular weight is 231 g/mol. The Kier molecular flexibility index (Phi) is 2.65. The van der Waals surface area contributed by atoms with Crippen LogP contribution in [-0.4, -0.2) is 22.9 Å². The molecule has 1 aromatic carbocycles. The molecule has 3 nitrogen and oxygen atoms in total. The lowest BCUT2D eigenvalue weighted by molar-refractivity contribution is 0.491. The van der Waals surface area contributed by atoms with Crippen LogP contribution in [0.25, 0.3) is 11.1 Å². The molecule has 1 aliphatic rings. The summed E-state index contributed by atoms with van der Waals surface area (Å²) in [6, 6.07) is 6.96. The Labute approximate surface area is 99.3 Å². The Morgan fingerprint density at radius 2 is 2.06 bits per heavy atom. The summed E-state index contributed by atoms with van der Waals surface area (Å²) in [6.45, 7) is 2.03. The van der Waals surface area contributed by atoms with Gasteiger partial charge in [0.1, 0.15) is 5.82 Å². The minimum Gasteiger partial charge on any atom is -0.315 e. The molecule has 1 aliphatic heterocycles. The topological polar surface area (TPSA) is 29.9 Å². The van der Waals surface area contributed by atoms with Gasteiger partial charge in [-0.25, -0.2) is 4.39 Å². The molecule has 4 heteroatoms. The van der Waals surface area contributed by atoms with Crippen molar-refractivity contribution >= 4 is 0 Å². The van der Waals surface area contributed by atoms with Gasteiger partial charge in [0.2, 0.25) is 0 Å². The van der Waals surface area contributed by atoms with Crippen LogP contribution in [-0.2, 0) is 0 Å². The molecule has 1 aromatic heterocycles. The van der Waals surface area contributed by atoms with Crippen LogP contribution in [0.5, 0.6) is 0 Å². The zero-order valence-electron chi connectivity index (χ0n) is 9.44.